The molecule has 6 aromatic rings. The second-order valence-electron chi connectivity index (χ2n) is 11.0. The van der Waals surface area contributed by atoms with Crippen LogP contribution in [0.4, 0.5) is 45.5 Å². The normalized spacial score (nSPS) is 12.3. The highest BCUT2D eigenvalue weighted by atomic mass is 32.2. The molecule has 16 heteroatoms. The van der Waals surface area contributed by atoms with Gasteiger partial charge in [-0.2, -0.15) is 49.3 Å². The monoisotopic (exact) mass is 756 g/mol. The number of azo groups is 4. The van der Waals surface area contributed by atoms with Crippen molar-refractivity contribution < 1.29 is 27.6 Å². The van der Waals surface area contributed by atoms with Crippen molar-refractivity contribution in [1.82, 2.24) is 0 Å². The fraction of sp³-hybridized carbons (Fsp3) is 0. The minimum Gasteiger partial charge on any atom is -0.282 e. The second-order valence-corrected chi connectivity index (χ2v) is 13.1. The molecule has 268 valence electrons. The summed E-state index contributed by atoms with van der Waals surface area (Å²) in [6, 6.07) is 41.8. The molecule has 0 saturated heterocycles. The first-order valence-electron chi connectivity index (χ1n) is 15.9. The molecular weight excluding hydrogens is 729 g/mol. The lowest BCUT2D eigenvalue weighted by molar-refractivity contribution is -0.432. The topological polar surface area (TPSA) is 192 Å². The van der Waals surface area contributed by atoms with Gasteiger partial charge in [0.25, 0.3) is 10.1 Å². The van der Waals surface area contributed by atoms with E-state index < -0.39 is 10.1 Å². The van der Waals surface area contributed by atoms with Crippen LogP contribution >= 0.6 is 12.0 Å². The van der Waals surface area contributed by atoms with Crippen molar-refractivity contribution >= 4 is 79.8 Å². The number of nitrogens with zero attached hydrogens (tertiary/aromatic N) is 8. The quantitative estimate of drug-likeness (QED) is 0.0275. The third-order valence-corrected chi connectivity index (χ3v) is 8.78. The van der Waals surface area contributed by atoms with E-state index in [2.05, 4.69) is 50.3 Å². The van der Waals surface area contributed by atoms with E-state index in [1.165, 1.54) is 18.2 Å². The van der Waals surface area contributed by atoms with Gasteiger partial charge in [-0.3, -0.25) is 4.55 Å². The van der Waals surface area contributed by atoms with Crippen LogP contribution in [-0.4, -0.2) is 18.2 Å². The molecule has 0 aromatic heterocycles. The Hall–Kier alpha value is -6.40. The Bertz CT molecular complexity index is 2450. The standard InChI is InChI=1S/C38H28N8O6S2/c47-51-52-53-37-25-35(45-43-33-21-17-31(18-22-33)41-39-29-7-3-1-4-8-29)15-13-27(37)11-12-28-14-16-36(26-38(28)54(48,49)50)46-44-34-23-19-32(20-24-34)42-40-30-9-5-2-6-10-30/h1-26,47H,(H,48,49,50). The van der Waals surface area contributed by atoms with Crippen LogP contribution in [0, 0.1) is 0 Å². The van der Waals surface area contributed by atoms with Crippen LogP contribution in [-0.2, 0) is 19.5 Å². The summed E-state index contributed by atoms with van der Waals surface area (Å²) in [7, 11) is -4.66. The number of rotatable bonds is 14. The van der Waals surface area contributed by atoms with Gasteiger partial charge < -0.3 is 0 Å². The molecule has 0 unspecified atom stereocenters. The Labute approximate surface area is 313 Å². The first-order valence-corrected chi connectivity index (χ1v) is 18.1. The maximum Gasteiger partial charge on any atom is 0.295 e. The molecule has 0 radical (unpaired) electrons. The Morgan fingerprint density at radius 2 is 0.815 bits per heavy atom. The van der Waals surface area contributed by atoms with Gasteiger partial charge in [-0.25, -0.2) is 5.26 Å². The van der Waals surface area contributed by atoms with Gasteiger partial charge in [-0.15, -0.1) is 4.33 Å². The molecule has 0 saturated carbocycles. The Kier molecular flexibility index (Phi) is 12.7. The number of benzene rings is 6. The highest BCUT2D eigenvalue weighted by Crippen LogP contribution is 2.33. The summed E-state index contributed by atoms with van der Waals surface area (Å²) >= 11 is 0.689. The third-order valence-electron chi connectivity index (χ3n) is 7.20. The molecule has 0 aliphatic carbocycles. The van der Waals surface area contributed by atoms with Gasteiger partial charge in [0.05, 0.1) is 57.5 Å². The van der Waals surface area contributed by atoms with Crippen molar-refractivity contribution in [3.8, 4) is 0 Å². The smallest absolute Gasteiger partial charge is 0.282 e. The van der Waals surface area contributed by atoms with Gasteiger partial charge in [-0.1, -0.05) is 65.7 Å². The Morgan fingerprint density at radius 3 is 1.24 bits per heavy atom. The van der Waals surface area contributed by atoms with Gasteiger partial charge >= 0.3 is 0 Å². The van der Waals surface area contributed by atoms with E-state index in [4.69, 9.17) is 5.26 Å². The highest BCUT2D eigenvalue weighted by molar-refractivity contribution is 7.94. The SMILES string of the molecule is O=S(=O)(O)c1cc(N=Nc2ccc(N=Nc3ccccc3)cc2)ccc1C=Cc1ccc(N=Nc2ccc(N=Nc3ccccc3)cc2)cc1SOOO. The molecule has 0 fully saturated rings. The fourth-order valence-electron chi connectivity index (χ4n) is 4.60. The van der Waals surface area contributed by atoms with Crippen LogP contribution < -0.4 is 0 Å². The van der Waals surface area contributed by atoms with Crippen molar-refractivity contribution in [2.75, 3.05) is 0 Å². The maximum atomic E-state index is 12.4. The van der Waals surface area contributed by atoms with E-state index in [1.54, 1.807) is 78.9 Å². The summed E-state index contributed by atoms with van der Waals surface area (Å²) in [5.41, 5.74) is 5.15. The van der Waals surface area contributed by atoms with E-state index in [1.807, 2.05) is 60.7 Å². The zero-order valence-corrected chi connectivity index (χ0v) is 29.6. The number of hydrogen-bond donors (Lipinski definition) is 2. The Balaban J connectivity index is 1.15. The van der Waals surface area contributed by atoms with Crippen LogP contribution in [0.25, 0.3) is 12.2 Å². The summed E-state index contributed by atoms with van der Waals surface area (Å²) in [5, 5.41) is 46.2. The lowest BCUT2D eigenvalue weighted by atomic mass is 10.1. The minimum atomic E-state index is -4.66. The predicted octanol–water partition coefficient (Wildman–Crippen LogP) is 13.2. The molecule has 2 N–H and O–H groups in total. The molecule has 0 aliphatic rings. The zero-order chi connectivity index (χ0) is 37.6. The van der Waals surface area contributed by atoms with Crippen molar-refractivity contribution in [1.29, 1.82) is 0 Å². The lowest BCUT2D eigenvalue weighted by Crippen LogP contribution is -2.00. The minimum absolute atomic E-state index is 0.176. The molecule has 6 aromatic carbocycles. The van der Waals surface area contributed by atoms with Crippen LogP contribution in [0.5, 0.6) is 0 Å². The molecule has 0 atom stereocenters. The maximum absolute atomic E-state index is 12.4. The molecule has 0 aliphatic heterocycles. The molecule has 14 nitrogen and oxygen atoms in total. The van der Waals surface area contributed by atoms with E-state index >= 15 is 0 Å². The van der Waals surface area contributed by atoms with Crippen molar-refractivity contribution in [2.24, 2.45) is 40.9 Å². The average Bonchev–Trinajstić information content (AvgIpc) is 3.20. The average molecular weight is 757 g/mol. The van der Waals surface area contributed by atoms with Gasteiger partial charge in [0.15, 0.2) is 0 Å². The summed E-state index contributed by atoms with van der Waals surface area (Å²) in [5.74, 6) is 0. The Morgan fingerprint density at radius 1 is 0.463 bits per heavy atom. The van der Waals surface area contributed by atoms with Crippen LogP contribution in [0.1, 0.15) is 11.1 Å². The van der Waals surface area contributed by atoms with Crippen LogP contribution in [0.15, 0.2) is 196 Å². The van der Waals surface area contributed by atoms with Crippen LogP contribution in [0.2, 0.25) is 0 Å². The molecule has 0 amide bonds. The first-order chi connectivity index (χ1) is 26.3. The molecular formula is C38H28N8O6S2. The summed E-state index contributed by atoms with van der Waals surface area (Å²) in [6.45, 7) is 0. The summed E-state index contributed by atoms with van der Waals surface area (Å²) < 4.78 is 39.5. The lowest BCUT2D eigenvalue weighted by Gasteiger charge is -2.06. The first kappa shape index (κ1) is 37.4. The summed E-state index contributed by atoms with van der Waals surface area (Å²) in [4.78, 5) is 0.0637. The van der Waals surface area contributed by atoms with Gasteiger partial charge in [-0.05, 0) is 108 Å². The second kappa shape index (κ2) is 18.4. The summed E-state index contributed by atoms with van der Waals surface area (Å²) in [6.07, 6.45) is 3.08. The van der Waals surface area contributed by atoms with Gasteiger partial charge in [0.2, 0.25) is 0 Å². The van der Waals surface area contributed by atoms with E-state index in [9.17, 15) is 13.0 Å². The highest BCUT2D eigenvalue weighted by Gasteiger charge is 2.15. The largest absolute Gasteiger partial charge is 0.295 e. The molecule has 0 spiro atoms. The van der Waals surface area contributed by atoms with E-state index in [0.717, 1.165) is 11.4 Å². The third kappa shape index (κ3) is 11.1. The molecule has 6 rings (SSSR count). The van der Waals surface area contributed by atoms with E-state index in [-0.39, 0.29) is 16.1 Å². The van der Waals surface area contributed by atoms with Crippen molar-refractivity contribution in [3.05, 3.63) is 157 Å². The number of hydrogen-bond acceptors (Lipinski definition) is 14. The zero-order valence-electron chi connectivity index (χ0n) is 27.9. The van der Waals surface area contributed by atoms with Crippen molar-refractivity contribution in [2.45, 2.75) is 9.79 Å². The predicted molar refractivity (Wildman–Crippen MR) is 205 cm³/mol. The van der Waals surface area contributed by atoms with Gasteiger partial charge in [0, 0.05) is 4.90 Å². The molecule has 54 heavy (non-hydrogen) atoms. The van der Waals surface area contributed by atoms with Crippen molar-refractivity contribution in [3.63, 3.8) is 0 Å². The fourth-order valence-corrected chi connectivity index (χ4v) is 5.80. The molecule has 0 heterocycles. The van der Waals surface area contributed by atoms with Gasteiger partial charge in [0.1, 0.15) is 4.90 Å². The molecule has 0 bridgehead atoms. The van der Waals surface area contributed by atoms with Crippen LogP contribution in [0.3, 0.4) is 0 Å². The van der Waals surface area contributed by atoms with E-state index in [0.29, 0.717) is 50.9 Å².